The van der Waals surface area contributed by atoms with Crippen molar-refractivity contribution < 1.29 is 9.63 Å². The molecule has 0 spiro atoms. The van der Waals surface area contributed by atoms with Gasteiger partial charge in [0.1, 0.15) is 0 Å². The Hall–Kier alpha value is -0.580. The first kappa shape index (κ1) is 9.51. The molecule has 5 heteroatoms. The molecule has 0 aliphatic heterocycles. The molecule has 0 aliphatic rings. The molecule has 0 atom stereocenters. The molecule has 0 aliphatic carbocycles. The molecule has 64 valence electrons. The molecule has 1 rings (SSSR count). The summed E-state index contributed by atoms with van der Waals surface area (Å²) in [5, 5.41) is 0.443. The van der Waals surface area contributed by atoms with E-state index in [0.29, 0.717) is 10.6 Å². The van der Waals surface area contributed by atoms with Crippen LogP contribution in [-0.4, -0.2) is 5.97 Å². The van der Waals surface area contributed by atoms with Crippen molar-refractivity contribution in [3.8, 4) is 0 Å². The van der Waals surface area contributed by atoms with E-state index >= 15 is 0 Å². The van der Waals surface area contributed by atoms with Gasteiger partial charge in [-0.1, -0.05) is 11.6 Å². The number of nitrogens with two attached hydrogens (primary N) is 1. The Labute approximate surface area is 82.5 Å². The minimum Gasteiger partial charge on any atom is -0.370 e. The van der Waals surface area contributed by atoms with Crippen LogP contribution in [0.15, 0.2) is 22.7 Å². The highest BCUT2D eigenvalue weighted by molar-refractivity contribution is 9.10. The number of benzene rings is 1. The third-order valence-corrected chi connectivity index (χ3v) is 2.49. The fourth-order valence-corrected chi connectivity index (χ4v) is 1.12. The number of halogens is 2. The molecule has 0 unspecified atom stereocenters. The molecule has 2 N–H and O–H groups in total. The average Bonchev–Trinajstić information content (AvgIpc) is 2.08. The maximum Gasteiger partial charge on any atom is 0.356 e. The molecule has 3 nitrogen and oxygen atoms in total. The molecule has 0 radical (unpaired) electrons. The van der Waals surface area contributed by atoms with Gasteiger partial charge >= 0.3 is 5.97 Å². The Kier molecular flexibility index (Phi) is 3.08. The Bertz CT molecular complexity index is 316. The zero-order valence-corrected chi connectivity index (χ0v) is 8.22. The van der Waals surface area contributed by atoms with Crippen molar-refractivity contribution in [1.82, 2.24) is 0 Å². The van der Waals surface area contributed by atoms with Crippen molar-refractivity contribution >= 4 is 33.5 Å². The summed E-state index contributed by atoms with van der Waals surface area (Å²) in [6, 6.07) is 4.68. The van der Waals surface area contributed by atoms with Gasteiger partial charge in [0.25, 0.3) is 0 Å². The van der Waals surface area contributed by atoms with Crippen molar-refractivity contribution in [3.63, 3.8) is 0 Å². The van der Waals surface area contributed by atoms with Gasteiger partial charge in [-0.2, -0.15) is 5.90 Å². The quantitative estimate of drug-likeness (QED) is 0.777. The Morgan fingerprint density at radius 1 is 1.58 bits per heavy atom. The first-order chi connectivity index (χ1) is 5.65. The summed E-state index contributed by atoms with van der Waals surface area (Å²) in [6.45, 7) is 0. The van der Waals surface area contributed by atoms with Crippen LogP contribution in [0.25, 0.3) is 0 Å². The van der Waals surface area contributed by atoms with Crippen LogP contribution in [0.2, 0.25) is 5.02 Å². The molecule has 0 heterocycles. The molecule has 1 aromatic rings. The maximum atomic E-state index is 10.9. The summed E-state index contributed by atoms with van der Waals surface area (Å²) in [7, 11) is 0. The SMILES string of the molecule is NOC(=O)c1ccc(Br)c(Cl)c1. The minimum atomic E-state index is -0.607. The van der Waals surface area contributed by atoms with E-state index in [0.717, 1.165) is 4.47 Å². The maximum absolute atomic E-state index is 10.9. The van der Waals surface area contributed by atoms with Crippen LogP contribution in [0, 0.1) is 0 Å². The lowest BCUT2D eigenvalue weighted by atomic mass is 10.2. The van der Waals surface area contributed by atoms with Gasteiger partial charge in [-0.05, 0) is 34.1 Å². The van der Waals surface area contributed by atoms with Crippen LogP contribution in [0.4, 0.5) is 0 Å². The monoisotopic (exact) mass is 249 g/mol. The van der Waals surface area contributed by atoms with Crippen LogP contribution in [0.5, 0.6) is 0 Å². The fourth-order valence-electron chi connectivity index (χ4n) is 0.691. The molecule has 12 heavy (non-hydrogen) atoms. The summed E-state index contributed by atoms with van der Waals surface area (Å²) in [5.74, 6) is 4.08. The number of carbonyl (C=O) groups is 1. The molecular weight excluding hydrogens is 245 g/mol. The molecule has 0 fully saturated rings. The zero-order chi connectivity index (χ0) is 9.14. The van der Waals surface area contributed by atoms with Crippen LogP contribution in [-0.2, 0) is 4.84 Å². The highest BCUT2D eigenvalue weighted by Gasteiger charge is 2.07. The molecule has 0 aromatic heterocycles. The molecule has 0 amide bonds. The van der Waals surface area contributed by atoms with E-state index in [-0.39, 0.29) is 0 Å². The average molecular weight is 250 g/mol. The fraction of sp³-hybridized carbons (Fsp3) is 0. The Balaban J connectivity index is 3.05. The van der Waals surface area contributed by atoms with Crippen LogP contribution < -0.4 is 5.90 Å². The van der Waals surface area contributed by atoms with Gasteiger partial charge in [0, 0.05) is 4.47 Å². The number of carbonyl (C=O) groups excluding carboxylic acids is 1. The third-order valence-electron chi connectivity index (χ3n) is 1.26. The second-order valence-electron chi connectivity index (χ2n) is 2.03. The normalized spacial score (nSPS) is 9.58. The largest absolute Gasteiger partial charge is 0.370 e. The molecular formula is C7H5BrClNO2. The molecule has 1 aromatic carbocycles. The topological polar surface area (TPSA) is 52.3 Å². The van der Waals surface area contributed by atoms with Crippen LogP contribution in [0.3, 0.4) is 0 Å². The van der Waals surface area contributed by atoms with Crippen LogP contribution in [0.1, 0.15) is 10.4 Å². The Morgan fingerprint density at radius 3 is 2.75 bits per heavy atom. The highest BCUT2D eigenvalue weighted by atomic mass is 79.9. The first-order valence-corrected chi connectivity index (χ1v) is 4.18. The van der Waals surface area contributed by atoms with Gasteiger partial charge in [-0.25, -0.2) is 4.79 Å². The predicted molar refractivity (Wildman–Crippen MR) is 48.8 cm³/mol. The lowest BCUT2D eigenvalue weighted by Crippen LogP contribution is -2.09. The van der Waals surface area contributed by atoms with E-state index in [4.69, 9.17) is 11.6 Å². The summed E-state index contributed by atoms with van der Waals surface area (Å²) in [5.41, 5.74) is 0.325. The lowest BCUT2D eigenvalue weighted by molar-refractivity contribution is 0.0503. The molecule has 0 bridgehead atoms. The van der Waals surface area contributed by atoms with Gasteiger partial charge in [0.2, 0.25) is 0 Å². The van der Waals surface area contributed by atoms with Gasteiger partial charge in [0.05, 0.1) is 10.6 Å². The number of hydrogen-bond donors (Lipinski definition) is 1. The minimum absolute atomic E-state index is 0.325. The molecule has 0 saturated heterocycles. The second-order valence-corrected chi connectivity index (χ2v) is 3.30. The standard InChI is InChI=1S/C7H5BrClNO2/c8-5-2-1-4(3-6(5)9)7(11)12-10/h1-3H,10H2. The highest BCUT2D eigenvalue weighted by Crippen LogP contribution is 2.23. The smallest absolute Gasteiger partial charge is 0.356 e. The zero-order valence-electron chi connectivity index (χ0n) is 5.88. The van der Waals surface area contributed by atoms with E-state index in [1.807, 2.05) is 0 Å². The summed E-state index contributed by atoms with van der Waals surface area (Å²) >= 11 is 8.90. The van der Waals surface area contributed by atoms with Gasteiger partial charge in [0.15, 0.2) is 0 Å². The van der Waals surface area contributed by atoms with Crippen molar-refractivity contribution in [2.45, 2.75) is 0 Å². The lowest BCUT2D eigenvalue weighted by Gasteiger charge is -1.99. The van der Waals surface area contributed by atoms with E-state index in [9.17, 15) is 4.79 Å². The van der Waals surface area contributed by atoms with Crippen molar-refractivity contribution in [2.24, 2.45) is 5.90 Å². The third kappa shape index (κ3) is 1.97. The van der Waals surface area contributed by atoms with Gasteiger partial charge < -0.3 is 4.84 Å². The van der Waals surface area contributed by atoms with E-state index in [2.05, 4.69) is 26.7 Å². The first-order valence-electron chi connectivity index (χ1n) is 3.01. The number of rotatable bonds is 1. The summed E-state index contributed by atoms with van der Waals surface area (Å²) in [4.78, 5) is 14.9. The van der Waals surface area contributed by atoms with Crippen molar-refractivity contribution in [1.29, 1.82) is 0 Å². The predicted octanol–water partition coefficient (Wildman–Crippen LogP) is 2.13. The molecule has 0 saturated carbocycles. The van der Waals surface area contributed by atoms with Crippen molar-refractivity contribution in [3.05, 3.63) is 33.3 Å². The van der Waals surface area contributed by atoms with Gasteiger partial charge in [-0.3, -0.25) is 0 Å². The number of hydrogen-bond acceptors (Lipinski definition) is 3. The second kappa shape index (κ2) is 3.89. The summed E-state index contributed by atoms with van der Waals surface area (Å²) < 4.78 is 0.720. The Morgan fingerprint density at radius 2 is 2.25 bits per heavy atom. The van der Waals surface area contributed by atoms with Crippen molar-refractivity contribution in [2.75, 3.05) is 0 Å². The van der Waals surface area contributed by atoms with Gasteiger partial charge in [-0.15, -0.1) is 0 Å². The van der Waals surface area contributed by atoms with E-state index in [1.165, 1.54) is 6.07 Å². The van der Waals surface area contributed by atoms with Crippen LogP contribution >= 0.6 is 27.5 Å². The van der Waals surface area contributed by atoms with E-state index < -0.39 is 5.97 Å². The van der Waals surface area contributed by atoms with E-state index in [1.54, 1.807) is 12.1 Å². The summed E-state index contributed by atoms with van der Waals surface area (Å²) in [6.07, 6.45) is 0.